The Hall–Kier alpha value is -2.98. The summed E-state index contributed by atoms with van der Waals surface area (Å²) in [6.45, 7) is 4.26. The second kappa shape index (κ2) is 8.41. The zero-order valence-electron chi connectivity index (χ0n) is 17.3. The molecular formula is C23H24N4O2S. The van der Waals surface area contributed by atoms with Gasteiger partial charge < -0.3 is 14.6 Å². The Morgan fingerprint density at radius 1 is 1.33 bits per heavy atom. The van der Waals surface area contributed by atoms with Gasteiger partial charge in [0.05, 0.1) is 29.8 Å². The van der Waals surface area contributed by atoms with Crippen molar-refractivity contribution in [2.75, 3.05) is 12.4 Å². The van der Waals surface area contributed by atoms with Gasteiger partial charge in [-0.2, -0.15) is 5.26 Å². The molecule has 2 aromatic carbocycles. The van der Waals surface area contributed by atoms with E-state index >= 15 is 0 Å². The molecule has 0 atom stereocenters. The van der Waals surface area contributed by atoms with Crippen molar-refractivity contribution in [3.63, 3.8) is 0 Å². The molecule has 0 radical (unpaired) electrons. The minimum Gasteiger partial charge on any atom is -0.496 e. The van der Waals surface area contributed by atoms with E-state index in [1.165, 1.54) is 0 Å². The zero-order chi connectivity index (χ0) is 21.3. The number of hydrogen-bond donors (Lipinski definition) is 1. The standard InChI is InChI=1S/C23H24N4O2S/c1-14(2)27-20-8-7-18(25-22(28)16-5-6-16)11-19(20)26-23(27)30-13-17-10-15(12-24)4-9-21(17)29-3/h4,7-11,14,16H,5-6,13H2,1-3H3,(H,25,28). The number of benzene rings is 2. The first kappa shape index (κ1) is 20.3. The first-order chi connectivity index (χ1) is 14.5. The van der Waals surface area contributed by atoms with Crippen LogP contribution in [0.1, 0.15) is 43.9 Å². The van der Waals surface area contributed by atoms with E-state index in [-0.39, 0.29) is 17.9 Å². The number of rotatable bonds is 7. The summed E-state index contributed by atoms with van der Waals surface area (Å²) in [7, 11) is 1.64. The van der Waals surface area contributed by atoms with Gasteiger partial charge in [-0.1, -0.05) is 11.8 Å². The monoisotopic (exact) mass is 420 g/mol. The molecule has 0 aliphatic heterocycles. The second-order valence-electron chi connectivity index (χ2n) is 7.75. The smallest absolute Gasteiger partial charge is 0.227 e. The van der Waals surface area contributed by atoms with Gasteiger partial charge in [0.1, 0.15) is 5.75 Å². The van der Waals surface area contributed by atoms with E-state index in [1.807, 2.05) is 30.3 Å². The minimum absolute atomic E-state index is 0.0942. The van der Waals surface area contributed by atoms with Crippen LogP contribution in [0.25, 0.3) is 11.0 Å². The Morgan fingerprint density at radius 2 is 2.13 bits per heavy atom. The minimum atomic E-state index is 0.0942. The molecular weight excluding hydrogens is 396 g/mol. The average Bonchev–Trinajstić information content (AvgIpc) is 3.52. The highest BCUT2D eigenvalue weighted by Gasteiger charge is 2.29. The van der Waals surface area contributed by atoms with Gasteiger partial charge in [-0.05, 0) is 63.1 Å². The number of amides is 1. The van der Waals surface area contributed by atoms with Gasteiger partial charge in [0.15, 0.2) is 5.16 Å². The summed E-state index contributed by atoms with van der Waals surface area (Å²) in [5.74, 6) is 1.66. The molecule has 1 aliphatic rings. The van der Waals surface area contributed by atoms with E-state index in [1.54, 1.807) is 24.9 Å². The number of methoxy groups -OCH3 is 1. The molecule has 1 fully saturated rings. The predicted molar refractivity (Wildman–Crippen MR) is 119 cm³/mol. The van der Waals surface area contributed by atoms with Crippen molar-refractivity contribution in [2.45, 2.75) is 43.6 Å². The summed E-state index contributed by atoms with van der Waals surface area (Å²) in [6, 6.07) is 13.8. The second-order valence-corrected chi connectivity index (χ2v) is 8.69. The molecule has 154 valence electrons. The summed E-state index contributed by atoms with van der Waals surface area (Å²) in [5, 5.41) is 13.1. The number of hydrogen-bond acceptors (Lipinski definition) is 5. The van der Waals surface area contributed by atoms with Gasteiger partial charge in [0, 0.05) is 29.0 Å². The van der Waals surface area contributed by atoms with Crippen molar-refractivity contribution in [3.05, 3.63) is 47.5 Å². The number of nitrogens with zero attached hydrogens (tertiary/aromatic N) is 3. The Bertz CT molecular complexity index is 1140. The maximum atomic E-state index is 12.1. The number of ether oxygens (including phenoxy) is 1. The van der Waals surface area contributed by atoms with Crippen LogP contribution in [0.3, 0.4) is 0 Å². The molecule has 7 heteroatoms. The first-order valence-electron chi connectivity index (χ1n) is 10.0. The summed E-state index contributed by atoms with van der Waals surface area (Å²) in [5.41, 5.74) is 4.25. The molecule has 1 heterocycles. The number of nitriles is 1. The SMILES string of the molecule is COc1ccc(C#N)cc1CSc1nc2cc(NC(=O)C3CC3)ccc2n1C(C)C. The van der Waals surface area contributed by atoms with E-state index in [0.717, 1.165) is 46.0 Å². The van der Waals surface area contributed by atoms with Crippen LogP contribution in [0, 0.1) is 17.2 Å². The van der Waals surface area contributed by atoms with Crippen LogP contribution >= 0.6 is 11.8 Å². The fourth-order valence-electron chi connectivity index (χ4n) is 3.45. The first-order valence-corrected chi connectivity index (χ1v) is 11.0. The highest BCUT2D eigenvalue weighted by molar-refractivity contribution is 7.98. The fourth-order valence-corrected chi connectivity index (χ4v) is 4.57. The van der Waals surface area contributed by atoms with E-state index in [0.29, 0.717) is 11.3 Å². The van der Waals surface area contributed by atoms with Crippen LogP contribution in [0.15, 0.2) is 41.6 Å². The van der Waals surface area contributed by atoms with Crippen LogP contribution in [-0.2, 0) is 10.5 Å². The Labute approximate surface area is 180 Å². The Kier molecular flexibility index (Phi) is 5.69. The highest BCUT2D eigenvalue weighted by atomic mass is 32.2. The third-order valence-corrected chi connectivity index (χ3v) is 6.16. The molecule has 0 spiro atoms. The summed E-state index contributed by atoms with van der Waals surface area (Å²) < 4.78 is 7.66. The number of thioether (sulfide) groups is 1. The van der Waals surface area contributed by atoms with E-state index in [9.17, 15) is 10.1 Å². The van der Waals surface area contributed by atoms with Crippen molar-refractivity contribution < 1.29 is 9.53 Å². The van der Waals surface area contributed by atoms with Crippen molar-refractivity contribution in [1.29, 1.82) is 5.26 Å². The third-order valence-electron chi connectivity index (χ3n) is 5.16. The zero-order valence-corrected chi connectivity index (χ0v) is 18.1. The van der Waals surface area contributed by atoms with Crippen molar-refractivity contribution in [2.24, 2.45) is 5.92 Å². The number of anilines is 1. The van der Waals surface area contributed by atoms with E-state index in [2.05, 4.69) is 29.8 Å². The van der Waals surface area contributed by atoms with Crippen LogP contribution in [0.5, 0.6) is 5.75 Å². The topological polar surface area (TPSA) is 79.9 Å². The van der Waals surface area contributed by atoms with Gasteiger partial charge >= 0.3 is 0 Å². The largest absolute Gasteiger partial charge is 0.496 e. The third kappa shape index (κ3) is 4.14. The van der Waals surface area contributed by atoms with Crippen LogP contribution in [-0.4, -0.2) is 22.6 Å². The lowest BCUT2D eigenvalue weighted by Crippen LogP contribution is -2.13. The lowest BCUT2D eigenvalue weighted by molar-refractivity contribution is -0.117. The Balaban J connectivity index is 1.62. The molecule has 1 aromatic heterocycles. The average molecular weight is 421 g/mol. The van der Waals surface area contributed by atoms with Crippen molar-refractivity contribution in [1.82, 2.24) is 9.55 Å². The van der Waals surface area contributed by atoms with Crippen molar-refractivity contribution in [3.8, 4) is 11.8 Å². The predicted octanol–water partition coefficient (Wildman–Crippen LogP) is 5.14. The van der Waals surface area contributed by atoms with Crippen LogP contribution in [0.2, 0.25) is 0 Å². The molecule has 0 saturated heterocycles. The lowest BCUT2D eigenvalue weighted by atomic mass is 10.1. The summed E-state index contributed by atoms with van der Waals surface area (Å²) in [6.07, 6.45) is 1.96. The molecule has 3 aromatic rings. The maximum Gasteiger partial charge on any atom is 0.227 e. The normalized spacial score (nSPS) is 13.4. The quantitative estimate of drug-likeness (QED) is 0.536. The molecule has 0 bridgehead atoms. The summed E-state index contributed by atoms with van der Waals surface area (Å²) in [4.78, 5) is 16.9. The molecule has 1 saturated carbocycles. The van der Waals surface area contributed by atoms with Gasteiger partial charge in [-0.3, -0.25) is 4.79 Å². The number of fused-ring (bicyclic) bond motifs is 1. The lowest BCUT2D eigenvalue weighted by Gasteiger charge is -2.13. The van der Waals surface area contributed by atoms with Gasteiger partial charge in [0.25, 0.3) is 0 Å². The number of nitrogens with one attached hydrogen (secondary N) is 1. The van der Waals surface area contributed by atoms with Gasteiger partial charge in [0.2, 0.25) is 5.91 Å². The molecule has 4 rings (SSSR count). The van der Waals surface area contributed by atoms with Crippen LogP contribution < -0.4 is 10.1 Å². The van der Waals surface area contributed by atoms with Crippen LogP contribution in [0.4, 0.5) is 5.69 Å². The highest BCUT2D eigenvalue weighted by Crippen LogP contribution is 2.34. The van der Waals surface area contributed by atoms with E-state index in [4.69, 9.17) is 9.72 Å². The molecule has 0 unspecified atom stereocenters. The molecule has 6 nitrogen and oxygen atoms in total. The van der Waals surface area contributed by atoms with Gasteiger partial charge in [-0.15, -0.1) is 0 Å². The number of imidazole rings is 1. The number of aromatic nitrogens is 2. The number of carbonyl (C=O) groups excluding carboxylic acids is 1. The van der Waals surface area contributed by atoms with E-state index < -0.39 is 0 Å². The maximum absolute atomic E-state index is 12.1. The summed E-state index contributed by atoms with van der Waals surface area (Å²) >= 11 is 1.61. The fraction of sp³-hybridized carbons (Fsp3) is 0.348. The molecule has 1 amide bonds. The number of carbonyl (C=O) groups is 1. The van der Waals surface area contributed by atoms with Crippen molar-refractivity contribution >= 4 is 34.4 Å². The molecule has 1 N–H and O–H groups in total. The molecule has 30 heavy (non-hydrogen) atoms. The molecule has 1 aliphatic carbocycles. The Morgan fingerprint density at radius 3 is 2.80 bits per heavy atom. The van der Waals surface area contributed by atoms with Gasteiger partial charge in [-0.25, -0.2) is 4.98 Å².